The van der Waals surface area contributed by atoms with Crippen molar-refractivity contribution in [3.63, 3.8) is 0 Å². The van der Waals surface area contributed by atoms with E-state index < -0.39 is 0 Å². The Morgan fingerprint density at radius 3 is 2.54 bits per heavy atom. The summed E-state index contributed by atoms with van der Waals surface area (Å²) in [6, 6.07) is 9.85. The van der Waals surface area contributed by atoms with Gasteiger partial charge in [0.15, 0.2) is 0 Å². The second-order valence-corrected chi connectivity index (χ2v) is 5.82. The van der Waals surface area contributed by atoms with E-state index in [1.54, 1.807) is 12.0 Å². The van der Waals surface area contributed by atoms with Gasteiger partial charge in [0.2, 0.25) is 0 Å². The first kappa shape index (κ1) is 17.8. The van der Waals surface area contributed by atoms with Gasteiger partial charge in [0.1, 0.15) is 17.4 Å². The number of nitrogens with one attached hydrogen (secondary N) is 1. The molecule has 1 aromatic carbocycles. The van der Waals surface area contributed by atoms with Gasteiger partial charge in [-0.15, -0.1) is 0 Å². The van der Waals surface area contributed by atoms with Gasteiger partial charge in [0.05, 0.1) is 7.11 Å². The summed E-state index contributed by atoms with van der Waals surface area (Å²) in [4.78, 5) is 16.2. The zero-order valence-corrected chi connectivity index (χ0v) is 14.3. The first-order chi connectivity index (χ1) is 11.6. The van der Waals surface area contributed by atoms with Gasteiger partial charge in [-0.25, -0.2) is 0 Å². The molecule has 1 amide bonds. The Labute approximate surface area is 143 Å². The molecule has 0 unspecified atom stereocenters. The van der Waals surface area contributed by atoms with Crippen LogP contribution in [0.15, 0.2) is 36.0 Å². The fourth-order valence-corrected chi connectivity index (χ4v) is 2.50. The summed E-state index contributed by atoms with van der Waals surface area (Å²) < 4.78 is 5.13. The molecule has 1 heterocycles. The largest absolute Gasteiger partial charge is 0.497 e. The predicted octanol–water partition coefficient (Wildman–Crippen LogP) is 1.01. The maximum Gasteiger partial charge on any atom is 0.266 e. The van der Waals surface area contributed by atoms with E-state index in [1.807, 2.05) is 37.4 Å². The molecule has 0 saturated carbocycles. The highest BCUT2D eigenvalue weighted by Crippen LogP contribution is 2.11. The highest BCUT2D eigenvalue weighted by Gasteiger charge is 2.21. The molecule has 128 valence electrons. The fourth-order valence-electron chi connectivity index (χ4n) is 2.50. The molecular weight excluding hydrogens is 304 g/mol. The maximum atomic E-state index is 12.3. The zero-order valence-electron chi connectivity index (χ0n) is 14.3. The third-order valence-corrected chi connectivity index (χ3v) is 4.10. The first-order valence-electron chi connectivity index (χ1n) is 8.08. The Kier molecular flexibility index (Phi) is 6.64. The van der Waals surface area contributed by atoms with Crippen LogP contribution in [-0.2, 0) is 11.2 Å². The molecule has 0 aromatic heterocycles. The number of benzene rings is 1. The average molecular weight is 328 g/mol. The first-order valence-corrected chi connectivity index (χ1v) is 8.08. The van der Waals surface area contributed by atoms with Crippen LogP contribution < -0.4 is 10.1 Å². The van der Waals surface area contributed by atoms with Gasteiger partial charge in [0.25, 0.3) is 5.91 Å². The topological polar surface area (TPSA) is 68.6 Å². The van der Waals surface area contributed by atoms with Crippen molar-refractivity contribution < 1.29 is 9.53 Å². The number of rotatable bonds is 6. The number of hydrogen-bond acceptors (Lipinski definition) is 5. The lowest BCUT2D eigenvalue weighted by Gasteiger charge is -2.32. The molecule has 1 saturated heterocycles. The number of carbonyl (C=O) groups excluding carboxylic acids is 1. The third-order valence-electron chi connectivity index (χ3n) is 4.10. The van der Waals surface area contributed by atoms with Crippen LogP contribution in [0.2, 0.25) is 0 Å². The second kappa shape index (κ2) is 8.94. The van der Waals surface area contributed by atoms with Crippen LogP contribution in [0.1, 0.15) is 5.56 Å². The quantitative estimate of drug-likeness (QED) is 0.479. The fraction of sp³-hybridized carbons (Fsp3) is 0.444. The summed E-state index contributed by atoms with van der Waals surface area (Å²) >= 11 is 0. The Hall–Kier alpha value is -2.52. The van der Waals surface area contributed by atoms with Crippen molar-refractivity contribution >= 4 is 5.91 Å². The number of nitrogens with zero attached hydrogens (tertiary/aromatic N) is 3. The van der Waals surface area contributed by atoms with Gasteiger partial charge in [-0.2, -0.15) is 5.26 Å². The normalized spacial score (nSPS) is 15.7. The van der Waals surface area contributed by atoms with Crippen molar-refractivity contribution in [3.8, 4) is 11.8 Å². The Morgan fingerprint density at radius 1 is 1.29 bits per heavy atom. The van der Waals surface area contributed by atoms with E-state index in [-0.39, 0.29) is 11.5 Å². The standard InChI is InChI=1S/C18H24N4O2/c1-21-9-11-22(12-10-21)18(23)16(13-19)14-20-8-7-15-3-5-17(24-2)6-4-15/h3-6,14,20H,7-12H2,1-2H3/b16-14-. The highest BCUT2D eigenvalue weighted by atomic mass is 16.5. The van der Waals surface area contributed by atoms with E-state index in [2.05, 4.69) is 10.2 Å². The summed E-state index contributed by atoms with van der Waals surface area (Å²) in [5.74, 6) is 0.638. The van der Waals surface area contributed by atoms with E-state index in [0.29, 0.717) is 19.6 Å². The van der Waals surface area contributed by atoms with Crippen LogP contribution in [0.25, 0.3) is 0 Å². The summed E-state index contributed by atoms with van der Waals surface area (Å²) in [6.45, 7) is 3.68. The van der Waals surface area contributed by atoms with Crippen LogP contribution in [-0.4, -0.2) is 62.6 Å². The molecule has 6 nitrogen and oxygen atoms in total. The van der Waals surface area contributed by atoms with E-state index in [0.717, 1.165) is 25.3 Å². The molecule has 0 radical (unpaired) electrons. The molecule has 1 aliphatic heterocycles. The SMILES string of the molecule is COc1ccc(CCN/C=C(/C#N)C(=O)N2CCN(C)CC2)cc1. The molecule has 0 bridgehead atoms. The Bertz CT molecular complexity index is 611. The zero-order chi connectivity index (χ0) is 17.4. The number of amides is 1. The minimum absolute atomic E-state index is 0.161. The van der Waals surface area contributed by atoms with Crippen molar-refractivity contribution in [2.45, 2.75) is 6.42 Å². The van der Waals surface area contributed by atoms with Crippen molar-refractivity contribution in [1.82, 2.24) is 15.1 Å². The van der Waals surface area contributed by atoms with Crippen LogP contribution in [0.4, 0.5) is 0 Å². The molecule has 1 fully saturated rings. The number of hydrogen-bond donors (Lipinski definition) is 1. The van der Waals surface area contributed by atoms with E-state index in [4.69, 9.17) is 4.74 Å². The van der Waals surface area contributed by atoms with E-state index in [9.17, 15) is 10.1 Å². The summed E-state index contributed by atoms with van der Waals surface area (Å²) in [7, 11) is 3.67. The van der Waals surface area contributed by atoms with Crippen LogP contribution in [0, 0.1) is 11.3 Å². The van der Waals surface area contributed by atoms with Gasteiger partial charge >= 0.3 is 0 Å². The second-order valence-electron chi connectivity index (χ2n) is 5.82. The van der Waals surface area contributed by atoms with Crippen LogP contribution in [0.3, 0.4) is 0 Å². The highest BCUT2D eigenvalue weighted by molar-refractivity contribution is 5.97. The Balaban J connectivity index is 1.82. The van der Waals surface area contributed by atoms with Gasteiger partial charge < -0.3 is 19.9 Å². The average Bonchev–Trinajstić information content (AvgIpc) is 2.62. The van der Waals surface area contributed by atoms with Crippen molar-refractivity contribution in [2.24, 2.45) is 0 Å². The molecule has 6 heteroatoms. The third kappa shape index (κ3) is 5.00. The van der Waals surface area contributed by atoms with Gasteiger partial charge in [-0.1, -0.05) is 12.1 Å². The molecular formula is C18H24N4O2. The lowest BCUT2D eigenvalue weighted by molar-refractivity contribution is -0.128. The number of carbonyl (C=O) groups is 1. The van der Waals surface area contributed by atoms with E-state index in [1.165, 1.54) is 11.8 Å². The van der Waals surface area contributed by atoms with Crippen molar-refractivity contribution in [3.05, 3.63) is 41.6 Å². The van der Waals surface area contributed by atoms with E-state index >= 15 is 0 Å². The van der Waals surface area contributed by atoms with Gasteiger partial charge in [-0.05, 0) is 31.2 Å². The molecule has 24 heavy (non-hydrogen) atoms. The molecule has 2 rings (SSSR count). The number of nitriles is 1. The molecule has 0 atom stereocenters. The number of ether oxygens (including phenoxy) is 1. The monoisotopic (exact) mass is 328 g/mol. The molecule has 0 spiro atoms. The predicted molar refractivity (Wildman–Crippen MR) is 92.5 cm³/mol. The van der Waals surface area contributed by atoms with Crippen molar-refractivity contribution in [1.29, 1.82) is 5.26 Å². The summed E-state index contributed by atoms with van der Waals surface area (Å²) in [6.07, 6.45) is 2.34. The van der Waals surface area contributed by atoms with Crippen LogP contribution in [0.5, 0.6) is 5.75 Å². The smallest absolute Gasteiger partial charge is 0.266 e. The molecule has 1 N–H and O–H groups in total. The number of likely N-dealkylation sites (N-methyl/N-ethyl adjacent to an activating group) is 1. The summed E-state index contributed by atoms with van der Waals surface area (Å²) in [5.41, 5.74) is 1.33. The minimum atomic E-state index is -0.192. The van der Waals surface area contributed by atoms with Gasteiger partial charge in [0, 0.05) is 38.9 Å². The lowest BCUT2D eigenvalue weighted by Crippen LogP contribution is -2.47. The van der Waals surface area contributed by atoms with Crippen LogP contribution >= 0.6 is 0 Å². The number of piperazine rings is 1. The molecule has 1 aromatic rings. The summed E-state index contributed by atoms with van der Waals surface area (Å²) in [5, 5.41) is 12.3. The maximum absolute atomic E-state index is 12.3. The molecule has 0 aliphatic carbocycles. The minimum Gasteiger partial charge on any atom is -0.497 e. The Morgan fingerprint density at radius 2 is 1.96 bits per heavy atom. The molecule has 1 aliphatic rings. The van der Waals surface area contributed by atoms with Gasteiger partial charge in [-0.3, -0.25) is 4.79 Å². The lowest BCUT2D eigenvalue weighted by atomic mass is 10.1. The number of methoxy groups -OCH3 is 1. The van der Waals surface area contributed by atoms with Crippen molar-refractivity contribution in [2.75, 3.05) is 46.9 Å².